The molecule has 2 unspecified atom stereocenters. The lowest BCUT2D eigenvalue weighted by Crippen LogP contribution is -2.45. The number of carbonyl (C=O) groups is 2. The summed E-state index contributed by atoms with van der Waals surface area (Å²) in [6, 6.07) is -0.625. The normalized spacial score (nSPS) is 12.6. The summed E-state index contributed by atoms with van der Waals surface area (Å²) in [7, 11) is 0. The van der Waals surface area contributed by atoms with Crippen LogP contribution in [-0.4, -0.2) is 47.4 Å². The molecule has 0 rings (SSSR count). The first kappa shape index (κ1) is 82.3. The van der Waals surface area contributed by atoms with E-state index in [-0.39, 0.29) is 18.5 Å². The minimum Gasteiger partial charge on any atom is -0.466 e. The number of aliphatic hydroxyl groups is 2. The molecule has 2 atom stereocenters. The third-order valence-corrected chi connectivity index (χ3v) is 18.2. The lowest BCUT2D eigenvalue weighted by atomic mass is 10.0. The zero-order chi connectivity index (χ0) is 60.6. The first-order valence-corrected chi connectivity index (χ1v) is 38.6. The number of hydrogen-bond acceptors (Lipinski definition) is 5. The van der Waals surface area contributed by atoms with E-state index in [1.54, 1.807) is 6.08 Å². The van der Waals surface area contributed by atoms with Gasteiger partial charge >= 0.3 is 5.97 Å². The predicted molar refractivity (Wildman–Crippen MR) is 370 cm³/mol. The Hall–Kier alpha value is -1.66. The van der Waals surface area contributed by atoms with Crippen molar-refractivity contribution in [2.24, 2.45) is 0 Å². The molecule has 84 heavy (non-hydrogen) atoms. The number of hydrogen-bond donors (Lipinski definition) is 3. The molecule has 498 valence electrons. The molecule has 0 fully saturated rings. The maximum Gasteiger partial charge on any atom is 0.305 e. The van der Waals surface area contributed by atoms with Crippen molar-refractivity contribution >= 4 is 11.9 Å². The minimum absolute atomic E-state index is 0.0179. The maximum absolute atomic E-state index is 12.5. The lowest BCUT2D eigenvalue weighted by Gasteiger charge is -2.20. The van der Waals surface area contributed by atoms with Gasteiger partial charge in [0.15, 0.2) is 0 Å². The Morgan fingerprint density at radius 2 is 0.560 bits per heavy atom. The summed E-state index contributed by atoms with van der Waals surface area (Å²) < 4.78 is 5.51. The Labute approximate surface area is 526 Å². The molecule has 0 saturated carbocycles. The van der Waals surface area contributed by atoms with Crippen LogP contribution in [0.1, 0.15) is 438 Å². The molecular weight excluding hydrogens is 1030 g/mol. The van der Waals surface area contributed by atoms with Gasteiger partial charge in [0.05, 0.1) is 25.4 Å². The fourth-order valence-corrected chi connectivity index (χ4v) is 12.3. The van der Waals surface area contributed by atoms with E-state index in [0.717, 1.165) is 44.9 Å². The molecule has 0 aromatic heterocycles. The summed E-state index contributed by atoms with van der Waals surface area (Å²) in [5.74, 6) is -0.0420. The summed E-state index contributed by atoms with van der Waals surface area (Å²) in [6.45, 7) is 4.95. The lowest BCUT2D eigenvalue weighted by molar-refractivity contribution is -0.143. The summed E-state index contributed by atoms with van der Waals surface area (Å²) in [5.41, 5.74) is 0. The SMILES string of the molecule is CCCCCCCCC/C=C\CCCCCCCCCC(=O)OCCCCCCCCCCCCCCCCCCCCCCCCCCCCCCCCC(=O)NC(CO)C(O)/C=C/CCCCCCCCCCCCCCCCCCC. The third kappa shape index (κ3) is 69.4. The number of amides is 1. The summed E-state index contributed by atoms with van der Waals surface area (Å²) >= 11 is 0. The smallest absolute Gasteiger partial charge is 0.305 e. The number of carbonyl (C=O) groups excluding carboxylic acids is 2. The highest BCUT2D eigenvalue weighted by Gasteiger charge is 2.18. The van der Waals surface area contributed by atoms with E-state index in [2.05, 4.69) is 31.3 Å². The Bertz CT molecular complexity index is 1320. The number of ether oxygens (including phenoxy) is 1. The molecule has 3 N–H and O–H groups in total. The molecular formula is C78H151NO5. The van der Waals surface area contributed by atoms with E-state index < -0.39 is 12.1 Å². The predicted octanol–water partition coefficient (Wildman–Crippen LogP) is 25.3. The fourth-order valence-electron chi connectivity index (χ4n) is 12.3. The number of rotatable bonds is 73. The van der Waals surface area contributed by atoms with Crippen molar-refractivity contribution in [2.45, 2.75) is 450 Å². The fraction of sp³-hybridized carbons (Fsp3) is 0.923. The van der Waals surface area contributed by atoms with Crippen molar-refractivity contribution in [3.63, 3.8) is 0 Å². The van der Waals surface area contributed by atoms with Gasteiger partial charge in [-0.3, -0.25) is 9.59 Å². The van der Waals surface area contributed by atoms with Crippen LogP contribution >= 0.6 is 0 Å². The molecule has 0 spiro atoms. The molecule has 0 aliphatic carbocycles. The number of aliphatic hydroxyl groups excluding tert-OH is 2. The Morgan fingerprint density at radius 3 is 0.845 bits per heavy atom. The highest BCUT2D eigenvalue weighted by atomic mass is 16.5. The second-order valence-electron chi connectivity index (χ2n) is 26.7. The molecule has 0 heterocycles. The molecule has 6 heteroatoms. The van der Waals surface area contributed by atoms with Crippen LogP contribution in [0.3, 0.4) is 0 Å². The molecule has 0 bridgehead atoms. The van der Waals surface area contributed by atoms with E-state index in [0.29, 0.717) is 19.4 Å². The Kier molecular flexibility index (Phi) is 72.3. The summed E-state index contributed by atoms with van der Waals surface area (Å²) in [4.78, 5) is 24.6. The molecule has 0 aliphatic rings. The zero-order valence-electron chi connectivity index (χ0n) is 57.2. The Morgan fingerprint density at radius 1 is 0.321 bits per heavy atom. The van der Waals surface area contributed by atoms with Crippen LogP contribution in [0.15, 0.2) is 24.3 Å². The van der Waals surface area contributed by atoms with Crippen molar-refractivity contribution in [2.75, 3.05) is 13.2 Å². The quantitative estimate of drug-likeness (QED) is 0.0320. The van der Waals surface area contributed by atoms with Crippen LogP contribution in [0.5, 0.6) is 0 Å². The van der Waals surface area contributed by atoms with Crippen molar-refractivity contribution < 1.29 is 24.5 Å². The van der Waals surface area contributed by atoms with Crippen LogP contribution in [0.4, 0.5) is 0 Å². The van der Waals surface area contributed by atoms with Gasteiger partial charge in [0.25, 0.3) is 0 Å². The van der Waals surface area contributed by atoms with E-state index in [9.17, 15) is 19.8 Å². The Balaban J connectivity index is 3.34. The van der Waals surface area contributed by atoms with Crippen molar-refractivity contribution in [3.05, 3.63) is 24.3 Å². The van der Waals surface area contributed by atoms with Gasteiger partial charge in [-0.25, -0.2) is 0 Å². The topological polar surface area (TPSA) is 95.9 Å². The standard InChI is InChI=1S/C78H151NO5/c1-3-5-7-9-11-13-15-17-19-21-35-38-42-46-50-54-58-62-66-70-76(81)75(74-80)79-77(82)71-67-63-59-55-51-47-43-39-36-33-31-29-27-25-23-24-26-28-30-32-34-37-41-45-49-53-57-61-65-69-73-84-78(83)72-68-64-60-56-52-48-44-40-22-20-18-16-14-12-10-8-6-4-2/h20,22,66,70,75-76,80-81H,3-19,21,23-65,67-69,71-74H2,1-2H3,(H,79,82)/b22-20-,70-66+. The second kappa shape index (κ2) is 73.8. The van der Waals surface area contributed by atoms with E-state index in [1.165, 1.54) is 366 Å². The van der Waals surface area contributed by atoms with Gasteiger partial charge in [-0.15, -0.1) is 0 Å². The van der Waals surface area contributed by atoms with Gasteiger partial charge in [0.2, 0.25) is 5.91 Å². The van der Waals surface area contributed by atoms with Crippen molar-refractivity contribution in [3.8, 4) is 0 Å². The van der Waals surface area contributed by atoms with Crippen LogP contribution in [0.25, 0.3) is 0 Å². The molecule has 0 aliphatic heterocycles. The first-order valence-electron chi connectivity index (χ1n) is 38.6. The van der Waals surface area contributed by atoms with Gasteiger partial charge in [-0.1, -0.05) is 391 Å². The van der Waals surface area contributed by atoms with Gasteiger partial charge in [0.1, 0.15) is 0 Å². The van der Waals surface area contributed by atoms with Crippen molar-refractivity contribution in [1.29, 1.82) is 0 Å². The molecule has 0 saturated heterocycles. The monoisotopic (exact) mass is 1180 g/mol. The number of nitrogens with one attached hydrogen (secondary N) is 1. The number of esters is 1. The van der Waals surface area contributed by atoms with Crippen molar-refractivity contribution in [1.82, 2.24) is 5.32 Å². The maximum atomic E-state index is 12.5. The van der Waals surface area contributed by atoms with Gasteiger partial charge in [-0.05, 0) is 57.8 Å². The van der Waals surface area contributed by atoms with E-state index in [4.69, 9.17) is 4.74 Å². The molecule has 1 amide bonds. The average molecular weight is 1180 g/mol. The van der Waals surface area contributed by atoms with Crippen LogP contribution in [-0.2, 0) is 14.3 Å². The molecule has 0 radical (unpaired) electrons. The average Bonchev–Trinajstić information content (AvgIpc) is 3.53. The zero-order valence-corrected chi connectivity index (χ0v) is 57.2. The van der Waals surface area contributed by atoms with Gasteiger partial charge in [-0.2, -0.15) is 0 Å². The van der Waals surface area contributed by atoms with Crippen LogP contribution in [0, 0.1) is 0 Å². The third-order valence-electron chi connectivity index (χ3n) is 18.2. The number of unbranched alkanes of at least 4 members (excludes halogenated alkanes) is 60. The van der Waals surface area contributed by atoms with Gasteiger partial charge < -0.3 is 20.3 Å². The molecule has 0 aromatic carbocycles. The van der Waals surface area contributed by atoms with Gasteiger partial charge in [0, 0.05) is 12.8 Å². The number of allylic oxidation sites excluding steroid dienone is 3. The molecule has 6 nitrogen and oxygen atoms in total. The highest BCUT2D eigenvalue weighted by Crippen LogP contribution is 2.20. The highest BCUT2D eigenvalue weighted by molar-refractivity contribution is 5.76. The van der Waals surface area contributed by atoms with E-state index in [1.807, 2.05) is 6.08 Å². The second-order valence-corrected chi connectivity index (χ2v) is 26.7. The summed E-state index contributed by atoms with van der Waals surface area (Å²) in [5, 5.41) is 23.3. The van der Waals surface area contributed by atoms with E-state index >= 15 is 0 Å². The van der Waals surface area contributed by atoms with Crippen LogP contribution in [0.2, 0.25) is 0 Å². The first-order chi connectivity index (χ1) is 41.5. The largest absolute Gasteiger partial charge is 0.466 e. The van der Waals surface area contributed by atoms with Crippen LogP contribution < -0.4 is 5.32 Å². The minimum atomic E-state index is -0.842. The summed E-state index contributed by atoms with van der Waals surface area (Å²) in [6.07, 6.45) is 94.3. The molecule has 0 aromatic rings.